The number of nitrogens with one attached hydrogen (secondary N) is 1. The molecular weight excluding hydrogens is 121 g/mol. The van der Waals surface area contributed by atoms with Crippen molar-refractivity contribution < 1.29 is 7.96 Å². The fourth-order valence-corrected chi connectivity index (χ4v) is 0.278. The van der Waals surface area contributed by atoms with E-state index in [1.165, 1.54) is 0 Å². The molecule has 0 amide bonds. The third kappa shape index (κ3) is 5.41. The summed E-state index contributed by atoms with van der Waals surface area (Å²) in [5.41, 5.74) is 0. The van der Waals surface area contributed by atoms with Gasteiger partial charge in [-0.3, -0.25) is 0 Å². The first-order valence-corrected chi connectivity index (χ1v) is 3.06. The fraction of sp³-hybridized carbons (Fsp3) is 0. The van der Waals surface area contributed by atoms with E-state index in [1.807, 2.05) is 24.5 Å². The van der Waals surface area contributed by atoms with Gasteiger partial charge in [-0.1, -0.05) is 0 Å². The van der Waals surface area contributed by atoms with Crippen molar-refractivity contribution in [3.8, 4) is 0 Å². The van der Waals surface area contributed by atoms with Crippen LogP contribution in [-0.2, 0) is 3.80 Å². The average Bonchev–Trinajstić information content (AvgIpc) is 2.17. The first kappa shape index (κ1) is 7.41. The molecule has 0 aliphatic heterocycles. The average molecular weight is 127 g/mol. The number of hydrogen-bond donors (Lipinski definition) is 2. The van der Waals surface area contributed by atoms with E-state index in [0.29, 0.717) is 0 Å². The number of aromatic amines is 1. The van der Waals surface area contributed by atoms with Crippen LogP contribution in [0.25, 0.3) is 0 Å². The maximum atomic E-state index is 8.57. The molecular formula is C4H6AlNO2. The van der Waals surface area contributed by atoms with Gasteiger partial charge >= 0.3 is 23.4 Å². The van der Waals surface area contributed by atoms with Crippen LogP contribution in [0.4, 0.5) is 0 Å². The van der Waals surface area contributed by atoms with Crippen LogP contribution in [0.1, 0.15) is 0 Å². The molecule has 0 saturated carbocycles. The van der Waals surface area contributed by atoms with Crippen molar-refractivity contribution in [3.05, 3.63) is 24.5 Å². The van der Waals surface area contributed by atoms with Gasteiger partial charge < -0.3 is 4.98 Å². The van der Waals surface area contributed by atoms with Gasteiger partial charge in [-0.2, -0.15) is 0 Å². The molecule has 1 heterocycles. The summed E-state index contributed by atoms with van der Waals surface area (Å²) >= 11 is -1.50. The molecule has 0 aliphatic carbocycles. The molecule has 0 radical (unpaired) electrons. The first-order valence-electron chi connectivity index (χ1n) is 2.07. The predicted molar refractivity (Wildman–Crippen MR) is 29.5 cm³/mol. The van der Waals surface area contributed by atoms with Gasteiger partial charge in [-0.15, -0.1) is 0 Å². The van der Waals surface area contributed by atoms with Crippen LogP contribution in [0.5, 0.6) is 0 Å². The molecule has 0 unspecified atom stereocenters. The maximum Gasteiger partial charge on any atom is 0.000496 e. The molecule has 42 valence electrons. The summed E-state index contributed by atoms with van der Waals surface area (Å²) < 4.78 is 15.7. The largest absolute Gasteiger partial charge is 0.368 e. The number of aromatic nitrogens is 1. The minimum atomic E-state index is -1.50. The molecule has 0 fully saturated rings. The Balaban J connectivity index is 0.000000145. The minimum absolute atomic E-state index is 1.50. The Bertz CT molecular complexity index is 100. The van der Waals surface area contributed by atoms with Gasteiger partial charge in [0.05, 0.1) is 0 Å². The van der Waals surface area contributed by atoms with Crippen LogP contribution < -0.4 is 0 Å². The van der Waals surface area contributed by atoms with E-state index in [-0.39, 0.29) is 0 Å². The monoisotopic (exact) mass is 127 g/mol. The molecule has 0 aliphatic rings. The van der Waals surface area contributed by atoms with E-state index in [0.717, 1.165) is 0 Å². The minimum Gasteiger partial charge on any atom is -0.368 e. The smallest absolute Gasteiger partial charge is 0.000496 e. The van der Waals surface area contributed by atoms with Crippen molar-refractivity contribution in [1.82, 2.24) is 4.98 Å². The van der Waals surface area contributed by atoms with Gasteiger partial charge in [-0.25, -0.2) is 0 Å². The quantitative estimate of drug-likeness (QED) is 0.480. The molecule has 1 aromatic rings. The molecule has 0 aromatic carbocycles. The van der Waals surface area contributed by atoms with Crippen LogP contribution in [0.3, 0.4) is 0 Å². The van der Waals surface area contributed by atoms with E-state index in [9.17, 15) is 0 Å². The Kier molecular flexibility index (Phi) is 5.94. The van der Waals surface area contributed by atoms with Crippen molar-refractivity contribution in [3.63, 3.8) is 0 Å². The van der Waals surface area contributed by atoms with Gasteiger partial charge in [0.1, 0.15) is 0 Å². The van der Waals surface area contributed by atoms with Crippen LogP contribution >= 0.6 is 0 Å². The van der Waals surface area contributed by atoms with Gasteiger partial charge in [0.25, 0.3) is 0 Å². The number of hydrogen-bond acceptors (Lipinski definition) is 1. The normalized spacial score (nSPS) is 6.00. The molecule has 1 aromatic heterocycles. The summed E-state index contributed by atoms with van der Waals surface area (Å²) in [5, 5.41) is 0. The molecule has 0 atom stereocenters. The van der Waals surface area contributed by atoms with E-state index in [2.05, 4.69) is 4.98 Å². The van der Waals surface area contributed by atoms with Crippen molar-refractivity contribution in [2.75, 3.05) is 0 Å². The zero-order valence-corrected chi connectivity index (χ0v) is 5.40. The van der Waals surface area contributed by atoms with Crippen LogP contribution in [-0.4, -0.2) is 24.6 Å². The van der Waals surface area contributed by atoms with E-state index in [4.69, 9.17) is 7.96 Å². The summed E-state index contributed by atoms with van der Waals surface area (Å²) in [6.45, 7) is 0. The SMILES string of the molecule is [O]=[Al][OH].c1cc[nH]c1. The summed E-state index contributed by atoms with van der Waals surface area (Å²) in [7, 11) is 0. The standard InChI is InChI=1S/C4H5N.Al.H2O.O/c1-2-4-5-3-1;;;/h1-5H;;1H2;/q;+1;;/p-1. The number of rotatable bonds is 0. The van der Waals surface area contributed by atoms with Crippen LogP contribution in [0.15, 0.2) is 24.5 Å². The van der Waals surface area contributed by atoms with Gasteiger partial charge in [0, 0.05) is 12.4 Å². The topological polar surface area (TPSA) is 53.1 Å². The second kappa shape index (κ2) is 6.41. The molecule has 0 bridgehead atoms. The second-order valence-electron chi connectivity index (χ2n) is 0.990. The predicted octanol–water partition coefficient (Wildman–Crippen LogP) is -0.0419. The molecule has 4 heteroatoms. The Morgan fingerprint density at radius 1 is 1.38 bits per heavy atom. The Morgan fingerprint density at radius 3 is 1.88 bits per heavy atom. The summed E-state index contributed by atoms with van der Waals surface area (Å²) in [5.74, 6) is 0. The molecule has 1 rings (SSSR count). The van der Waals surface area contributed by atoms with Gasteiger partial charge in [-0.05, 0) is 12.1 Å². The first-order chi connectivity index (χ1) is 3.91. The number of H-pyrrole nitrogens is 1. The summed E-state index contributed by atoms with van der Waals surface area (Å²) in [6, 6.07) is 3.89. The van der Waals surface area contributed by atoms with E-state index >= 15 is 0 Å². The van der Waals surface area contributed by atoms with E-state index in [1.54, 1.807) is 0 Å². The third-order valence-corrected chi connectivity index (χ3v) is 0.496. The summed E-state index contributed by atoms with van der Waals surface area (Å²) in [4.78, 5) is 2.86. The summed E-state index contributed by atoms with van der Waals surface area (Å²) in [6.07, 6.45) is 3.75. The van der Waals surface area contributed by atoms with Gasteiger partial charge in [0.2, 0.25) is 0 Å². The molecule has 8 heavy (non-hydrogen) atoms. The van der Waals surface area contributed by atoms with Crippen LogP contribution in [0.2, 0.25) is 0 Å². The van der Waals surface area contributed by atoms with Crippen LogP contribution in [0, 0.1) is 0 Å². The van der Waals surface area contributed by atoms with E-state index < -0.39 is 15.5 Å². The Morgan fingerprint density at radius 2 is 1.75 bits per heavy atom. The van der Waals surface area contributed by atoms with Crippen molar-refractivity contribution in [1.29, 1.82) is 0 Å². The zero-order valence-electron chi connectivity index (χ0n) is 4.24. The van der Waals surface area contributed by atoms with Crippen molar-refractivity contribution in [2.45, 2.75) is 0 Å². The van der Waals surface area contributed by atoms with Crippen molar-refractivity contribution in [2.24, 2.45) is 0 Å². The fourth-order valence-electron chi connectivity index (χ4n) is 0.278. The van der Waals surface area contributed by atoms with Gasteiger partial charge in [0.15, 0.2) is 0 Å². The Labute approximate surface area is 53.6 Å². The molecule has 0 saturated heterocycles. The maximum absolute atomic E-state index is 8.57. The molecule has 3 nitrogen and oxygen atoms in total. The Hall–Kier alpha value is -0.588. The molecule has 2 N–H and O–H groups in total. The zero-order chi connectivity index (χ0) is 6.24. The third-order valence-electron chi connectivity index (χ3n) is 0.496. The second-order valence-corrected chi connectivity index (χ2v) is 1.20. The molecule has 0 spiro atoms. The van der Waals surface area contributed by atoms with Crippen molar-refractivity contribution >= 4 is 15.5 Å².